The minimum Gasteiger partial charge on any atom is -0.496 e. The Hall–Kier alpha value is -2.83. The molecule has 2 aromatic rings. The number of methoxy groups -OCH3 is 2. The second-order valence-corrected chi connectivity index (χ2v) is 6.11. The first-order valence-corrected chi connectivity index (χ1v) is 8.62. The number of rotatable bonds is 6. The molecule has 0 N–H and O–H groups in total. The second-order valence-electron chi connectivity index (χ2n) is 6.11. The molecule has 0 saturated carbocycles. The maximum atomic E-state index is 12.7. The monoisotopic (exact) mass is 357 g/mol. The number of aromatic nitrogens is 2. The van der Waals surface area contributed by atoms with E-state index in [4.69, 9.17) is 14.2 Å². The number of carbonyl (C=O) groups excluding carboxylic acids is 1. The van der Waals surface area contributed by atoms with E-state index >= 15 is 0 Å². The zero-order valence-electron chi connectivity index (χ0n) is 15.1. The van der Waals surface area contributed by atoms with Crippen LogP contribution in [0.5, 0.6) is 17.5 Å². The van der Waals surface area contributed by atoms with E-state index < -0.39 is 0 Å². The molecule has 7 nitrogen and oxygen atoms in total. The molecule has 26 heavy (non-hydrogen) atoms. The lowest BCUT2D eigenvalue weighted by atomic mass is 10.1. The lowest BCUT2D eigenvalue weighted by molar-refractivity contribution is -0.133. The van der Waals surface area contributed by atoms with Crippen molar-refractivity contribution in [3.05, 3.63) is 42.2 Å². The molecule has 2 heterocycles. The normalized spacial score (nSPS) is 16.8. The zero-order chi connectivity index (χ0) is 18.4. The third-order valence-corrected chi connectivity index (χ3v) is 4.35. The Kier molecular flexibility index (Phi) is 5.88. The van der Waals surface area contributed by atoms with Crippen LogP contribution in [-0.4, -0.2) is 54.2 Å². The molecule has 0 aliphatic carbocycles. The van der Waals surface area contributed by atoms with Gasteiger partial charge in [-0.05, 0) is 18.9 Å². The van der Waals surface area contributed by atoms with Gasteiger partial charge in [0.05, 0.1) is 39.6 Å². The van der Waals surface area contributed by atoms with Crippen LogP contribution >= 0.6 is 0 Å². The van der Waals surface area contributed by atoms with Crippen LogP contribution in [0.1, 0.15) is 18.4 Å². The number of hydrogen-bond acceptors (Lipinski definition) is 6. The van der Waals surface area contributed by atoms with Crippen molar-refractivity contribution in [2.24, 2.45) is 0 Å². The van der Waals surface area contributed by atoms with Crippen molar-refractivity contribution >= 4 is 5.91 Å². The molecule has 1 aromatic heterocycles. The molecule has 1 saturated heterocycles. The summed E-state index contributed by atoms with van der Waals surface area (Å²) in [6, 6.07) is 7.59. The van der Waals surface area contributed by atoms with Gasteiger partial charge in [-0.25, -0.2) is 0 Å². The van der Waals surface area contributed by atoms with Crippen LogP contribution in [0.4, 0.5) is 0 Å². The largest absolute Gasteiger partial charge is 0.496 e. The second kappa shape index (κ2) is 8.51. The van der Waals surface area contributed by atoms with E-state index in [1.54, 1.807) is 13.3 Å². The highest BCUT2D eigenvalue weighted by molar-refractivity contribution is 5.79. The van der Waals surface area contributed by atoms with E-state index in [1.807, 2.05) is 29.2 Å². The van der Waals surface area contributed by atoms with Crippen LogP contribution in [0.15, 0.2) is 36.7 Å². The first kappa shape index (κ1) is 18.0. The lowest BCUT2D eigenvalue weighted by Crippen LogP contribution is -2.45. The summed E-state index contributed by atoms with van der Waals surface area (Å²) in [6.07, 6.45) is 5.05. The van der Waals surface area contributed by atoms with Crippen molar-refractivity contribution in [2.45, 2.75) is 25.4 Å². The highest BCUT2D eigenvalue weighted by atomic mass is 16.5. The maximum absolute atomic E-state index is 12.7. The van der Waals surface area contributed by atoms with Crippen molar-refractivity contribution in [2.75, 3.05) is 27.3 Å². The van der Waals surface area contributed by atoms with Gasteiger partial charge in [-0.15, -0.1) is 0 Å². The Morgan fingerprint density at radius 3 is 2.81 bits per heavy atom. The molecular formula is C19H23N3O4. The predicted octanol–water partition coefficient (Wildman–Crippen LogP) is 2.11. The molecular weight excluding hydrogens is 334 g/mol. The Morgan fingerprint density at radius 2 is 2.00 bits per heavy atom. The van der Waals surface area contributed by atoms with Gasteiger partial charge in [0, 0.05) is 12.1 Å². The Bertz CT molecular complexity index is 753. The SMILES string of the molecule is COc1cncc(OC2CCCN(C(=O)Cc3ccccc3OC)C2)n1. The quantitative estimate of drug-likeness (QED) is 0.788. The van der Waals surface area contributed by atoms with Gasteiger partial charge in [-0.1, -0.05) is 18.2 Å². The summed E-state index contributed by atoms with van der Waals surface area (Å²) in [5, 5.41) is 0. The Labute approximate surface area is 152 Å². The third-order valence-electron chi connectivity index (χ3n) is 4.35. The smallest absolute Gasteiger partial charge is 0.235 e. The van der Waals surface area contributed by atoms with Crippen molar-refractivity contribution in [3.8, 4) is 17.5 Å². The van der Waals surface area contributed by atoms with Gasteiger partial charge in [0.15, 0.2) is 0 Å². The fourth-order valence-corrected chi connectivity index (χ4v) is 3.04. The molecule has 7 heteroatoms. The Morgan fingerprint density at radius 1 is 1.19 bits per heavy atom. The molecule has 138 valence electrons. The van der Waals surface area contributed by atoms with Crippen LogP contribution in [0.25, 0.3) is 0 Å². The average Bonchev–Trinajstić information content (AvgIpc) is 2.68. The minimum atomic E-state index is -0.105. The molecule has 1 unspecified atom stereocenters. The summed E-state index contributed by atoms with van der Waals surface area (Å²) in [7, 11) is 3.15. The van der Waals surface area contributed by atoms with E-state index in [-0.39, 0.29) is 12.0 Å². The molecule has 1 fully saturated rings. The third kappa shape index (κ3) is 4.41. The summed E-state index contributed by atoms with van der Waals surface area (Å²) in [4.78, 5) is 22.8. The number of likely N-dealkylation sites (tertiary alicyclic amines) is 1. The van der Waals surface area contributed by atoms with E-state index in [0.29, 0.717) is 24.7 Å². The molecule has 3 rings (SSSR count). The topological polar surface area (TPSA) is 73.8 Å². The molecule has 1 amide bonds. The number of nitrogens with zero attached hydrogens (tertiary/aromatic N) is 3. The van der Waals surface area contributed by atoms with E-state index in [1.165, 1.54) is 13.3 Å². The molecule has 1 aliphatic rings. The van der Waals surface area contributed by atoms with Crippen molar-refractivity contribution in [1.82, 2.24) is 14.9 Å². The first-order chi connectivity index (χ1) is 12.7. The molecule has 1 atom stereocenters. The van der Waals surface area contributed by atoms with Crippen LogP contribution < -0.4 is 14.2 Å². The maximum Gasteiger partial charge on any atom is 0.235 e. The highest BCUT2D eigenvalue weighted by Crippen LogP contribution is 2.21. The molecule has 1 aromatic carbocycles. The molecule has 1 aliphatic heterocycles. The van der Waals surface area contributed by atoms with Crippen LogP contribution in [0, 0.1) is 0 Å². The summed E-state index contributed by atoms with van der Waals surface area (Å²) in [5.41, 5.74) is 0.890. The van der Waals surface area contributed by atoms with E-state index in [2.05, 4.69) is 9.97 Å². The number of carbonyl (C=O) groups is 1. The van der Waals surface area contributed by atoms with Crippen LogP contribution in [0.3, 0.4) is 0 Å². The first-order valence-electron chi connectivity index (χ1n) is 8.62. The summed E-state index contributed by atoms with van der Waals surface area (Å²) >= 11 is 0. The fraction of sp³-hybridized carbons (Fsp3) is 0.421. The Balaban J connectivity index is 1.61. The average molecular weight is 357 g/mol. The fourth-order valence-electron chi connectivity index (χ4n) is 3.04. The number of piperidine rings is 1. The minimum absolute atomic E-state index is 0.0690. The zero-order valence-corrected chi connectivity index (χ0v) is 15.1. The van der Waals surface area contributed by atoms with Crippen molar-refractivity contribution < 1.29 is 19.0 Å². The lowest BCUT2D eigenvalue weighted by Gasteiger charge is -2.32. The van der Waals surface area contributed by atoms with Crippen LogP contribution in [0.2, 0.25) is 0 Å². The van der Waals surface area contributed by atoms with E-state index in [9.17, 15) is 4.79 Å². The van der Waals surface area contributed by atoms with Crippen molar-refractivity contribution in [3.63, 3.8) is 0 Å². The van der Waals surface area contributed by atoms with Gasteiger partial charge in [0.2, 0.25) is 17.7 Å². The number of benzene rings is 1. The van der Waals surface area contributed by atoms with Gasteiger partial charge in [0.1, 0.15) is 11.9 Å². The highest BCUT2D eigenvalue weighted by Gasteiger charge is 2.26. The van der Waals surface area contributed by atoms with Gasteiger partial charge in [-0.2, -0.15) is 4.98 Å². The van der Waals surface area contributed by atoms with Gasteiger partial charge < -0.3 is 19.1 Å². The summed E-state index contributed by atoms with van der Waals surface area (Å²) in [6.45, 7) is 1.27. The summed E-state index contributed by atoms with van der Waals surface area (Å²) < 4.78 is 16.3. The number of hydrogen-bond donors (Lipinski definition) is 0. The standard InChI is InChI=1S/C19H23N3O4/c1-24-16-8-4-3-6-14(16)10-19(23)22-9-5-7-15(13-22)26-18-12-20-11-17(21-18)25-2/h3-4,6,8,11-12,15H,5,7,9-10,13H2,1-2H3. The van der Waals surface area contributed by atoms with Gasteiger partial charge in [0.25, 0.3) is 0 Å². The van der Waals surface area contributed by atoms with Gasteiger partial charge >= 0.3 is 0 Å². The predicted molar refractivity (Wildman–Crippen MR) is 95.5 cm³/mol. The van der Waals surface area contributed by atoms with Crippen LogP contribution in [-0.2, 0) is 11.2 Å². The van der Waals surface area contributed by atoms with Crippen molar-refractivity contribution in [1.29, 1.82) is 0 Å². The number of ether oxygens (including phenoxy) is 3. The number of amides is 1. The molecule has 0 bridgehead atoms. The molecule has 0 radical (unpaired) electrons. The molecule has 0 spiro atoms. The van der Waals surface area contributed by atoms with Gasteiger partial charge in [-0.3, -0.25) is 9.78 Å². The number of para-hydroxylation sites is 1. The summed E-state index contributed by atoms with van der Waals surface area (Å²) in [5.74, 6) is 1.62. The van der Waals surface area contributed by atoms with E-state index in [0.717, 1.165) is 30.7 Å².